The van der Waals surface area contributed by atoms with Gasteiger partial charge in [-0.05, 0) is 40.4 Å². The van der Waals surface area contributed by atoms with Gasteiger partial charge in [0.15, 0.2) is 5.16 Å². The summed E-state index contributed by atoms with van der Waals surface area (Å²) < 4.78 is 10.5. The molecule has 0 aromatic carbocycles. The van der Waals surface area contributed by atoms with Crippen LogP contribution in [0.4, 0.5) is 10.6 Å². The van der Waals surface area contributed by atoms with Gasteiger partial charge in [0, 0.05) is 25.3 Å². The smallest absolute Gasteiger partial charge is 0.410 e. The van der Waals surface area contributed by atoms with E-state index in [0.717, 1.165) is 6.42 Å². The second kappa shape index (κ2) is 8.57. The van der Waals surface area contributed by atoms with Crippen LogP contribution in [-0.4, -0.2) is 64.5 Å². The van der Waals surface area contributed by atoms with Crippen molar-refractivity contribution in [1.82, 2.24) is 14.9 Å². The van der Waals surface area contributed by atoms with Crippen LogP contribution in [0.3, 0.4) is 0 Å². The van der Waals surface area contributed by atoms with Crippen molar-refractivity contribution >= 4 is 29.6 Å². The van der Waals surface area contributed by atoms with Crippen molar-refractivity contribution in [2.45, 2.75) is 50.9 Å². The molecule has 0 bridgehead atoms. The number of carbonyl (C=O) groups is 2. The fourth-order valence-corrected chi connectivity index (χ4v) is 2.84. The molecule has 0 spiro atoms. The number of aromatic nitrogens is 2. The third-order valence-corrected chi connectivity index (χ3v) is 4.19. The van der Waals surface area contributed by atoms with Gasteiger partial charge in [-0.2, -0.15) is 0 Å². The minimum Gasteiger partial charge on any atom is -0.462 e. The van der Waals surface area contributed by atoms with Crippen LogP contribution in [0.15, 0.2) is 11.4 Å². The fraction of sp³-hybridized carbons (Fsp3) is 0.647. The third-order valence-electron chi connectivity index (χ3n) is 3.63. The molecule has 8 nitrogen and oxygen atoms in total. The Morgan fingerprint density at radius 3 is 2.77 bits per heavy atom. The van der Waals surface area contributed by atoms with E-state index < -0.39 is 11.6 Å². The van der Waals surface area contributed by atoms with Gasteiger partial charge in [0.2, 0.25) is 0 Å². The molecule has 2 rings (SSSR count). The maximum absolute atomic E-state index is 12.2. The lowest BCUT2D eigenvalue weighted by atomic mass is 10.2. The summed E-state index contributed by atoms with van der Waals surface area (Å²) in [6.07, 6.45) is 3.74. The Balaban J connectivity index is 2.08. The van der Waals surface area contributed by atoms with E-state index in [1.165, 1.54) is 18.0 Å². The number of esters is 1. The van der Waals surface area contributed by atoms with Crippen LogP contribution < -0.4 is 5.32 Å². The van der Waals surface area contributed by atoms with E-state index in [2.05, 4.69) is 15.3 Å². The molecule has 9 heteroatoms. The van der Waals surface area contributed by atoms with Gasteiger partial charge in [0.25, 0.3) is 0 Å². The molecule has 2 heterocycles. The SMILES string of the molecule is CCOC(=O)c1cnc(SC)nc1N[C@H]1CCN(C(=O)OC(C)(C)C)C1. The number of hydrogen-bond acceptors (Lipinski definition) is 8. The van der Waals surface area contributed by atoms with Gasteiger partial charge < -0.3 is 19.7 Å². The Bertz CT molecular complexity index is 663. The van der Waals surface area contributed by atoms with Gasteiger partial charge in [0.05, 0.1) is 6.61 Å². The van der Waals surface area contributed by atoms with Crippen molar-refractivity contribution in [2.24, 2.45) is 0 Å². The van der Waals surface area contributed by atoms with E-state index in [0.29, 0.717) is 29.6 Å². The number of anilines is 1. The molecule has 1 amide bonds. The molecule has 0 unspecified atom stereocenters. The van der Waals surface area contributed by atoms with Gasteiger partial charge in [-0.25, -0.2) is 19.6 Å². The highest BCUT2D eigenvalue weighted by atomic mass is 32.2. The van der Waals surface area contributed by atoms with Crippen molar-refractivity contribution in [1.29, 1.82) is 0 Å². The number of ether oxygens (including phenoxy) is 2. The van der Waals surface area contributed by atoms with Crippen LogP contribution in [0, 0.1) is 0 Å². The van der Waals surface area contributed by atoms with Crippen molar-refractivity contribution < 1.29 is 19.1 Å². The standard InChI is InChI=1S/C17H26N4O4S/c1-6-24-14(22)12-9-18-15(26-5)20-13(12)19-11-7-8-21(10-11)16(23)25-17(2,3)4/h9,11H,6-8,10H2,1-5H3,(H,18,19,20)/t11-/m0/s1. The molecular weight excluding hydrogens is 356 g/mol. The molecule has 0 radical (unpaired) electrons. The van der Waals surface area contributed by atoms with E-state index >= 15 is 0 Å². The first-order chi connectivity index (χ1) is 12.2. The Hall–Kier alpha value is -2.03. The Morgan fingerprint density at radius 2 is 2.15 bits per heavy atom. The summed E-state index contributed by atoms with van der Waals surface area (Å²) in [5.41, 5.74) is -0.236. The normalized spacial score (nSPS) is 17.1. The van der Waals surface area contributed by atoms with Gasteiger partial charge in [-0.1, -0.05) is 11.8 Å². The van der Waals surface area contributed by atoms with E-state index in [1.807, 2.05) is 27.0 Å². The minimum atomic E-state index is -0.528. The van der Waals surface area contributed by atoms with Crippen molar-refractivity contribution in [2.75, 3.05) is 31.3 Å². The van der Waals surface area contributed by atoms with Crippen LogP contribution in [0.5, 0.6) is 0 Å². The predicted octanol–water partition coefficient (Wildman–Crippen LogP) is 2.80. The lowest BCUT2D eigenvalue weighted by Crippen LogP contribution is -2.36. The van der Waals surface area contributed by atoms with Crippen LogP contribution in [0.25, 0.3) is 0 Å². The average molecular weight is 382 g/mol. The fourth-order valence-electron chi connectivity index (χ4n) is 2.50. The number of likely N-dealkylation sites (tertiary alicyclic amines) is 1. The summed E-state index contributed by atoms with van der Waals surface area (Å²) in [5, 5.41) is 3.81. The molecule has 26 heavy (non-hydrogen) atoms. The van der Waals surface area contributed by atoms with Gasteiger partial charge in [-0.3, -0.25) is 0 Å². The monoisotopic (exact) mass is 382 g/mol. The number of amides is 1. The Kier molecular flexibility index (Phi) is 6.69. The summed E-state index contributed by atoms with van der Waals surface area (Å²) in [4.78, 5) is 34.5. The van der Waals surface area contributed by atoms with Crippen molar-refractivity contribution in [3.8, 4) is 0 Å². The second-order valence-corrected chi connectivity index (χ2v) is 7.67. The molecule has 1 aliphatic heterocycles. The number of carbonyl (C=O) groups excluding carboxylic acids is 2. The number of rotatable bonds is 5. The first-order valence-corrected chi connectivity index (χ1v) is 9.78. The van der Waals surface area contributed by atoms with Crippen LogP contribution in [0.1, 0.15) is 44.5 Å². The zero-order valence-electron chi connectivity index (χ0n) is 15.9. The highest BCUT2D eigenvalue weighted by Gasteiger charge is 2.30. The van der Waals surface area contributed by atoms with Crippen LogP contribution in [0.2, 0.25) is 0 Å². The van der Waals surface area contributed by atoms with Crippen molar-refractivity contribution in [3.63, 3.8) is 0 Å². The molecule has 1 aromatic heterocycles. The number of nitrogens with one attached hydrogen (secondary N) is 1. The highest BCUT2D eigenvalue weighted by molar-refractivity contribution is 7.98. The molecule has 1 atom stereocenters. The molecule has 1 aromatic rings. The first-order valence-electron chi connectivity index (χ1n) is 8.56. The average Bonchev–Trinajstić information content (AvgIpc) is 3.02. The molecular formula is C17H26N4O4S. The maximum Gasteiger partial charge on any atom is 0.410 e. The van der Waals surface area contributed by atoms with E-state index in [4.69, 9.17) is 9.47 Å². The molecule has 144 valence electrons. The lowest BCUT2D eigenvalue weighted by molar-refractivity contribution is 0.0293. The quantitative estimate of drug-likeness (QED) is 0.472. The van der Waals surface area contributed by atoms with Crippen molar-refractivity contribution in [3.05, 3.63) is 11.8 Å². The summed E-state index contributed by atoms with van der Waals surface area (Å²) in [7, 11) is 0. The number of nitrogens with zero attached hydrogens (tertiary/aromatic N) is 3. The van der Waals surface area contributed by atoms with E-state index in [-0.39, 0.29) is 18.7 Å². The molecule has 0 aliphatic carbocycles. The molecule has 1 saturated heterocycles. The highest BCUT2D eigenvalue weighted by Crippen LogP contribution is 2.22. The lowest BCUT2D eigenvalue weighted by Gasteiger charge is -2.24. The summed E-state index contributed by atoms with van der Waals surface area (Å²) in [6, 6.07) is -0.0275. The molecule has 0 saturated carbocycles. The zero-order valence-corrected chi connectivity index (χ0v) is 16.7. The van der Waals surface area contributed by atoms with Gasteiger partial charge in [0.1, 0.15) is 17.0 Å². The first kappa shape index (κ1) is 20.3. The topological polar surface area (TPSA) is 93.6 Å². The summed E-state index contributed by atoms with van der Waals surface area (Å²) >= 11 is 1.39. The van der Waals surface area contributed by atoms with E-state index in [1.54, 1.807) is 11.8 Å². The molecule has 1 aliphatic rings. The summed E-state index contributed by atoms with van der Waals surface area (Å²) in [5.74, 6) is -0.0384. The summed E-state index contributed by atoms with van der Waals surface area (Å²) in [6.45, 7) is 8.61. The number of hydrogen-bond donors (Lipinski definition) is 1. The maximum atomic E-state index is 12.2. The third kappa shape index (κ3) is 5.48. The Morgan fingerprint density at radius 1 is 1.42 bits per heavy atom. The van der Waals surface area contributed by atoms with Gasteiger partial charge in [-0.15, -0.1) is 0 Å². The predicted molar refractivity (Wildman–Crippen MR) is 99.6 cm³/mol. The van der Waals surface area contributed by atoms with Crippen LogP contribution >= 0.6 is 11.8 Å². The van der Waals surface area contributed by atoms with Gasteiger partial charge >= 0.3 is 12.1 Å². The number of thioether (sulfide) groups is 1. The minimum absolute atomic E-state index is 0.0275. The van der Waals surface area contributed by atoms with E-state index in [9.17, 15) is 9.59 Å². The molecule has 1 fully saturated rings. The molecule has 1 N–H and O–H groups in total. The second-order valence-electron chi connectivity index (χ2n) is 6.90. The Labute approximate surface area is 158 Å². The van der Waals surface area contributed by atoms with Crippen LogP contribution in [-0.2, 0) is 9.47 Å². The zero-order chi connectivity index (χ0) is 19.3. The largest absolute Gasteiger partial charge is 0.462 e.